The number of imide groups is 1. The fourth-order valence-electron chi connectivity index (χ4n) is 3.57. The number of rotatable bonds is 3. The Morgan fingerprint density at radius 3 is 2.38 bits per heavy atom. The van der Waals surface area contributed by atoms with Gasteiger partial charge in [-0.15, -0.1) is 0 Å². The lowest BCUT2D eigenvalue weighted by Crippen LogP contribution is -2.32. The number of amides is 2. The third-order valence-corrected chi connectivity index (χ3v) is 4.80. The van der Waals surface area contributed by atoms with Crippen molar-refractivity contribution < 1.29 is 9.59 Å². The van der Waals surface area contributed by atoms with Crippen molar-refractivity contribution >= 4 is 29.0 Å². The Hall–Kier alpha value is -1.75. The molecule has 2 fully saturated rings. The molecule has 1 aromatic rings. The molecule has 0 bridgehead atoms. The number of hydrogen-bond donors (Lipinski definition) is 1. The van der Waals surface area contributed by atoms with Gasteiger partial charge in [-0.25, -0.2) is 0 Å². The summed E-state index contributed by atoms with van der Waals surface area (Å²) in [6, 6.07) is 7.41. The summed E-state index contributed by atoms with van der Waals surface area (Å²) < 4.78 is 0. The Kier molecular flexibility index (Phi) is 3.53. The Balaban J connectivity index is 1.85. The number of carbonyl (C=O) groups is 2. The second-order valence-corrected chi connectivity index (χ2v) is 6.51. The standard InChI is InChI=1S/C16H18N2O2S/c1-9-6-12-13(7-9)16(20)18(15(12)19)8-10-4-2-3-5-11(10)14(17)21/h2-5,9,12-13H,6-8H2,1H3,(H2,17,21). The van der Waals surface area contributed by atoms with Gasteiger partial charge in [0.1, 0.15) is 4.99 Å². The number of benzene rings is 1. The largest absolute Gasteiger partial charge is 0.389 e. The maximum atomic E-state index is 12.5. The normalized spacial score (nSPS) is 28.0. The number of hydrogen-bond acceptors (Lipinski definition) is 3. The highest BCUT2D eigenvalue weighted by atomic mass is 32.1. The van der Waals surface area contributed by atoms with Gasteiger partial charge < -0.3 is 5.73 Å². The molecular formula is C16H18N2O2S. The van der Waals surface area contributed by atoms with E-state index in [1.54, 1.807) is 0 Å². The zero-order chi connectivity index (χ0) is 15.1. The highest BCUT2D eigenvalue weighted by molar-refractivity contribution is 7.80. The molecule has 21 heavy (non-hydrogen) atoms. The van der Waals surface area contributed by atoms with E-state index in [0.29, 0.717) is 10.9 Å². The van der Waals surface area contributed by atoms with Gasteiger partial charge in [-0.05, 0) is 24.3 Å². The minimum Gasteiger partial charge on any atom is -0.389 e. The number of carbonyl (C=O) groups excluding carboxylic acids is 2. The Bertz CT molecular complexity index is 604. The van der Waals surface area contributed by atoms with Gasteiger partial charge in [-0.1, -0.05) is 43.4 Å². The van der Waals surface area contributed by atoms with Gasteiger partial charge in [-0.2, -0.15) is 0 Å². The van der Waals surface area contributed by atoms with E-state index in [1.807, 2.05) is 24.3 Å². The topological polar surface area (TPSA) is 63.4 Å². The van der Waals surface area contributed by atoms with Gasteiger partial charge in [0.15, 0.2) is 0 Å². The smallest absolute Gasteiger partial charge is 0.233 e. The average Bonchev–Trinajstić information content (AvgIpc) is 2.93. The molecule has 2 unspecified atom stereocenters. The van der Waals surface area contributed by atoms with Crippen LogP contribution in [0.5, 0.6) is 0 Å². The highest BCUT2D eigenvalue weighted by Gasteiger charge is 2.51. The predicted molar refractivity (Wildman–Crippen MR) is 83.3 cm³/mol. The lowest BCUT2D eigenvalue weighted by atomic mass is 10.00. The zero-order valence-corrected chi connectivity index (χ0v) is 12.7. The van der Waals surface area contributed by atoms with Crippen LogP contribution >= 0.6 is 12.2 Å². The summed E-state index contributed by atoms with van der Waals surface area (Å²) in [7, 11) is 0. The van der Waals surface area contributed by atoms with Gasteiger partial charge in [0.05, 0.1) is 18.4 Å². The highest BCUT2D eigenvalue weighted by Crippen LogP contribution is 2.43. The van der Waals surface area contributed by atoms with E-state index in [-0.39, 0.29) is 30.2 Å². The molecule has 0 aromatic heterocycles. The van der Waals surface area contributed by atoms with Crippen molar-refractivity contribution in [1.29, 1.82) is 0 Å². The lowest BCUT2D eigenvalue weighted by molar-refractivity contribution is -0.141. The van der Waals surface area contributed by atoms with Crippen molar-refractivity contribution in [2.75, 3.05) is 0 Å². The van der Waals surface area contributed by atoms with Crippen molar-refractivity contribution in [1.82, 2.24) is 4.90 Å². The molecule has 0 radical (unpaired) electrons. The molecule has 1 aromatic carbocycles. The number of fused-ring (bicyclic) bond motifs is 1. The third kappa shape index (κ3) is 2.35. The molecule has 2 N–H and O–H groups in total. The van der Waals surface area contributed by atoms with Crippen LogP contribution in [0.25, 0.3) is 0 Å². The maximum Gasteiger partial charge on any atom is 0.233 e. The maximum absolute atomic E-state index is 12.5. The molecule has 2 amide bonds. The van der Waals surface area contributed by atoms with E-state index in [1.165, 1.54) is 4.90 Å². The van der Waals surface area contributed by atoms with Crippen LogP contribution < -0.4 is 5.73 Å². The lowest BCUT2D eigenvalue weighted by Gasteiger charge is -2.18. The van der Waals surface area contributed by atoms with E-state index in [0.717, 1.165) is 24.0 Å². The fraction of sp³-hybridized carbons (Fsp3) is 0.438. The van der Waals surface area contributed by atoms with Gasteiger partial charge in [0.25, 0.3) is 0 Å². The molecule has 1 aliphatic heterocycles. The predicted octanol–water partition coefficient (Wildman–Crippen LogP) is 1.85. The van der Waals surface area contributed by atoms with Crippen molar-refractivity contribution in [2.45, 2.75) is 26.3 Å². The Morgan fingerprint density at radius 2 is 1.81 bits per heavy atom. The summed E-state index contributed by atoms with van der Waals surface area (Å²) in [5, 5.41) is 0. The molecule has 0 spiro atoms. The molecule has 110 valence electrons. The number of nitrogens with two attached hydrogens (primary N) is 1. The minimum absolute atomic E-state index is 0.0351. The number of thiocarbonyl (C=S) groups is 1. The second-order valence-electron chi connectivity index (χ2n) is 6.07. The van der Waals surface area contributed by atoms with Crippen LogP contribution in [0, 0.1) is 17.8 Å². The van der Waals surface area contributed by atoms with Gasteiger partial charge >= 0.3 is 0 Å². The summed E-state index contributed by atoms with van der Waals surface area (Å²) in [6.45, 7) is 2.37. The number of nitrogens with zero attached hydrogens (tertiary/aromatic N) is 1. The van der Waals surface area contributed by atoms with Crippen LogP contribution in [0.4, 0.5) is 0 Å². The van der Waals surface area contributed by atoms with Crippen LogP contribution in [0.3, 0.4) is 0 Å². The van der Waals surface area contributed by atoms with Gasteiger partial charge in [0, 0.05) is 5.56 Å². The summed E-state index contributed by atoms with van der Waals surface area (Å²) in [5.74, 6) is 0.145. The van der Waals surface area contributed by atoms with E-state index < -0.39 is 0 Å². The van der Waals surface area contributed by atoms with Gasteiger partial charge in [-0.3, -0.25) is 14.5 Å². The Morgan fingerprint density at radius 1 is 1.24 bits per heavy atom. The first-order chi connectivity index (χ1) is 9.99. The first kappa shape index (κ1) is 14.2. The monoisotopic (exact) mass is 302 g/mol. The SMILES string of the molecule is CC1CC2C(=O)N(Cc3ccccc3C(N)=S)C(=O)C2C1. The van der Waals surface area contributed by atoms with Crippen LogP contribution in [0.15, 0.2) is 24.3 Å². The zero-order valence-electron chi connectivity index (χ0n) is 11.9. The van der Waals surface area contributed by atoms with Crippen LogP contribution in [0.1, 0.15) is 30.9 Å². The first-order valence-corrected chi connectivity index (χ1v) is 7.62. The summed E-state index contributed by atoms with van der Waals surface area (Å²) in [6.07, 6.45) is 1.64. The first-order valence-electron chi connectivity index (χ1n) is 7.22. The van der Waals surface area contributed by atoms with Crippen molar-refractivity contribution in [3.05, 3.63) is 35.4 Å². The van der Waals surface area contributed by atoms with Crippen LogP contribution in [-0.4, -0.2) is 21.7 Å². The summed E-state index contributed by atoms with van der Waals surface area (Å²) >= 11 is 5.03. The summed E-state index contributed by atoms with van der Waals surface area (Å²) in [4.78, 5) is 26.6. The quantitative estimate of drug-likeness (QED) is 0.684. The molecule has 3 rings (SSSR count). The minimum atomic E-state index is -0.121. The van der Waals surface area contributed by atoms with Crippen molar-refractivity contribution in [3.63, 3.8) is 0 Å². The third-order valence-electron chi connectivity index (χ3n) is 4.58. The summed E-state index contributed by atoms with van der Waals surface area (Å²) in [5.41, 5.74) is 7.28. The molecule has 1 saturated carbocycles. The number of likely N-dealkylation sites (tertiary alicyclic amines) is 1. The molecule has 2 atom stereocenters. The molecule has 1 saturated heterocycles. The van der Waals surface area contributed by atoms with E-state index >= 15 is 0 Å². The molecule has 4 nitrogen and oxygen atoms in total. The fourth-order valence-corrected chi connectivity index (χ4v) is 3.77. The average molecular weight is 302 g/mol. The Labute approximate surface area is 129 Å². The van der Waals surface area contributed by atoms with Crippen molar-refractivity contribution in [2.24, 2.45) is 23.5 Å². The molecule has 5 heteroatoms. The van der Waals surface area contributed by atoms with Gasteiger partial charge in [0.2, 0.25) is 11.8 Å². The molecular weight excluding hydrogens is 284 g/mol. The molecule has 1 aliphatic carbocycles. The molecule has 1 heterocycles. The second kappa shape index (κ2) is 5.22. The van der Waals surface area contributed by atoms with E-state index in [2.05, 4.69) is 6.92 Å². The van der Waals surface area contributed by atoms with Crippen LogP contribution in [0.2, 0.25) is 0 Å². The molecule has 2 aliphatic rings. The van der Waals surface area contributed by atoms with E-state index in [4.69, 9.17) is 18.0 Å². The van der Waals surface area contributed by atoms with E-state index in [9.17, 15) is 9.59 Å². The van der Waals surface area contributed by atoms with Crippen molar-refractivity contribution in [3.8, 4) is 0 Å². The van der Waals surface area contributed by atoms with Crippen LogP contribution in [-0.2, 0) is 16.1 Å².